The van der Waals surface area contributed by atoms with E-state index < -0.39 is 5.60 Å². The van der Waals surface area contributed by atoms with Crippen LogP contribution in [0.4, 0.5) is 0 Å². The summed E-state index contributed by atoms with van der Waals surface area (Å²) in [7, 11) is 0. The number of rotatable bonds is 5. The van der Waals surface area contributed by atoms with E-state index in [1.807, 2.05) is 13.8 Å². The maximum absolute atomic E-state index is 12.6. The van der Waals surface area contributed by atoms with Crippen molar-refractivity contribution in [2.45, 2.75) is 78.1 Å². The fourth-order valence-corrected chi connectivity index (χ4v) is 3.18. The number of carbonyl (C=O) groups is 1. The summed E-state index contributed by atoms with van der Waals surface area (Å²) in [5.41, 5.74) is -0.840. The Morgan fingerprint density at radius 3 is 2.21 bits per heavy atom. The van der Waals surface area contributed by atoms with Crippen LogP contribution in [0.5, 0.6) is 0 Å². The summed E-state index contributed by atoms with van der Waals surface area (Å²) in [6.07, 6.45) is 2.33. The first-order valence-electron chi connectivity index (χ1n) is 7.46. The van der Waals surface area contributed by atoms with Crippen molar-refractivity contribution in [2.75, 3.05) is 13.1 Å². The molecule has 1 amide bonds. The Labute approximate surface area is 117 Å². The minimum absolute atomic E-state index is 0.102. The molecule has 0 aromatic carbocycles. The molecular formula is C15H30N2O2. The van der Waals surface area contributed by atoms with Gasteiger partial charge in [-0.1, -0.05) is 0 Å². The summed E-state index contributed by atoms with van der Waals surface area (Å²) >= 11 is 0. The van der Waals surface area contributed by atoms with Crippen LogP contribution in [0.2, 0.25) is 0 Å². The average Bonchev–Trinajstić information content (AvgIpc) is 2.63. The Bertz CT molecular complexity index is 302. The Morgan fingerprint density at radius 1 is 1.37 bits per heavy atom. The van der Waals surface area contributed by atoms with Gasteiger partial charge in [-0.15, -0.1) is 0 Å². The van der Waals surface area contributed by atoms with Crippen molar-refractivity contribution < 1.29 is 9.90 Å². The van der Waals surface area contributed by atoms with Gasteiger partial charge >= 0.3 is 0 Å². The zero-order chi connectivity index (χ0) is 14.8. The number of hydrogen-bond acceptors (Lipinski definition) is 3. The highest BCUT2D eigenvalue weighted by Gasteiger charge is 2.36. The summed E-state index contributed by atoms with van der Waals surface area (Å²) in [5.74, 6) is 0.130. The molecule has 0 spiro atoms. The number of hydrogen-bond donors (Lipinski definition) is 1. The second kappa shape index (κ2) is 6.23. The van der Waals surface area contributed by atoms with Crippen LogP contribution in [-0.2, 0) is 4.79 Å². The highest BCUT2D eigenvalue weighted by atomic mass is 16.3. The first-order valence-corrected chi connectivity index (χ1v) is 7.46. The third-order valence-electron chi connectivity index (χ3n) is 4.10. The van der Waals surface area contributed by atoms with E-state index in [0.717, 1.165) is 12.8 Å². The fraction of sp³-hybridized carbons (Fsp3) is 0.933. The lowest BCUT2D eigenvalue weighted by molar-refractivity contribution is -0.140. The van der Waals surface area contributed by atoms with Gasteiger partial charge in [0.1, 0.15) is 0 Å². The molecule has 1 N–H and O–H groups in total. The van der Waals surface area contributed by atoms with Crippen molar-refractivity contribution in [3.63, 3.8) is 0 Å². The highest BCUT2D eigenvalue weighted by molar-refractivity contribution is 5.81. The van der Waals surface area contributed by atoms with Gasteiger partial charge < -0.3 is 10.0 Å². The first-order chi connectivity index (χ1) is 8.67. The molecule has 0 radical (unpaired) electrons. The van der Waals surface area contributed by atoms with Crippen molar-refractivity contribution in [2.24, 2.45) is 0 Å². The van der Waals surface area contributed by atoms with Crippen LogP contribution in [-0.4, -0.2) is 57.6 Å². The Hall–Kier alpha value is -0.610. The maximum Gasteiger partial charge on any atom is 0.239 e. The average molecular weight is 270 g/mol. The van der Waals surface area contributed by atoms with E-state index in [1.165, 1.54) is 0 Å². The molecule has 0 aromatic rings. The topological polar surface area (TPSA) is 43.8 Å². The number of carbonyl (C=O) groups excluding carboxylic acids is 1. The molecule has 0 aliphatic carbocycles. The normalized spacial score (nSPS) is 26.5. The van der Waals surface area contributed by atoms with E-state index in [0.29, 0.717) is 25.2 Å². The van der Waals surface area contributed by atoms with E-state index in [2.05, 4.69) is 18.7 Å². The van der Waals surface area contributed by atoms with Crippen molar-refractivity contribution in [3.05, 3.63) is 0 Å². The molecule has 1 heterocycles. The van der Waals surface area contributed by atoms with Gasteiger partial charge in [-0.25, -0.2) is 0 Å². The Morgan fingerprint density at radius 2 is 1.84 bits per heavy atom. The Kier molecular flexibility index (Phi) is 5.39. The van der Waals surface area contributed by atoms with Crippen molar-refractivity contribution in [1.82, 2.24) is 9.80 Å². The van der Waals surface area contributed by atoms with Crippen LogP contribution in [0.25, 0.3) is 0 Å². The molecule has 3 atom stereocenters. The molecule has 1 aliphatic rings. The minimum Gasteiger partial charge on any atom is -0.389 e. The number of aliphatic hydroxyl groups is 1. The summed E-state index contributed by atoms with van der Waals surface area (Å²) in [6.45, 7) is 12.9. The predicted molar refractivity (Wildman–Crippen MR) is 78.0 cm³/mol. The number of nitrogens with zero attached hydrogens (tertiary/aromatic N) is 2. The lowest BCUT2D eigenvalue weighted by atomic mass is 10.1. The molecular weight excluding hydrogens is 240 g/mol. The zero-order valence-corrected chi connectivity index (χ0v) is 13.3. The van der Waals surface area contributed by atoms with Gasteiger partial charge in [-0.3, -0.25) is 9.69 Å². The van der Waals surface area contributed by atoms with Crippen molar-refractivity contribution in [3.8, 4) is 0 Å². The van der Waals surface area contributed by atoms with Crippen LogP contribution >= 0.6 is 0 Å². The number of likely N-dealkylation sites (tertiary alicyclic amines) is 1. The van der Waals surface area contributed by atoms with E-state index in [4.69, 9.17) is 0 Å². The van der Waals surface area contributed by atoms with Gasteiger partial charge in [-0.05, 0) is 54.4 Å². The molecule has 4 heteroatoms. The van der Waals surface area contributed by atoms with E-state index in [9.17, 15) is 9.90 Å². The minimum atomic E-state index is -0.840. The van der Waals surface area contributed by atoms with Gasteiger partial charge in [0.15, 0.2) is 0 Å². The van der Waals surface area contributed by atoms with Crippen molar-refractivity contribution >= 4 is 5.91 Å². The van der Waals surface area contributed by atoms with E-state index in [1.54, 1.807) is 18.7 Å². The largest absolute Gasteiger partial charge is 0.389 e. The second-order valence-electron chi connectivity index (χ2n) is 6.56. The molecule has 3 unspecified atom stereocenters. The quantitative estimate of drug-likeness (QED) is 0.829. The molecule has 0 saturated carbocycles. The highest BCUT2D eigenvalue weighted by Crippen LogP contribution is 2.26. The Balaban J connectivity index is 2.74. The third kappa shape index (κ3) is 4.18. The van der Waals surface area contributed by atoms with Gasteiger partial charge in [0.25, 0.3) is 0 Å². The summed E-state index contributed by atoms with van der Waals surface area (Å²) in [4.78, 5) is 16.7. The van der Waals surface area contributed by atoms with Crippen LogP contribution < -0.4 is 0 Å². The van der Waals surface area contributed by atoms with Crippen LogP contribution in [0.1, 0.15) is 54.4 Å². The third-order valence-corrected chi connectivity index (χ3v) is 4.10. The molecule has 1 fully saturated rings. The number of amides is 1. The summed E-state index contributed by atoms with van der Waals surface area (Å²) in [5, 5.41) is 9.91. The van der Waals surface area contributed by atoms with Gasteiger partial charge in [0, 0.05) is 25.2 Å². The lowest BCUT2D eigenvalue weighted by Crippen LogP contribution is -2.53. The molecule has 0 aromatic heterocycles. The molecule has 19 heavy (non-hydrogen) atoms. The van der Waals surface area contributed by atoms with Gasteiger partial charge in [0.2, 0.25) is 5.91 Å². The standard InChI is InChI=1S/C15H30N2O2/c1-7-16(10-15(5,6)19)14(18)13(4)17-11(2)8-9-12(17)3/h11-13,19H,7-10H2,1-6H3. The first kappa shape index (κ1) is 16.4. The molecule has 0 bridgehead atoms. The summed E-state index contributed by atoms with van der Waals surface area (Å²) < 4.78 is 0. The molecule has 1 aliphatic heterocycles. The monoisotopic (exact) mass is 270 g/mol. The zero-order valence-electron chi connectivity index (χ0n) is 13.3. The van der Waals surface area contributed by atoms with Crippen LogP contribution in [0.3, 0.4) is 0 Å². The second-order valence-corrected chi connectivity index (χ2v) is 6.56. The molecule has 1 rings (SSSR count). The predicted octanol–water partition coefficient (Wildman–Crippen LogP) is 1.87. The van der Waals surface area contributed by atoms with Crippen LogP contribution in [0.15, 0.2) is 0 Å². The van der Waals surface area contributed by atoms with Gasteiger partial charge in [0.05, 0.1) is 11.6 Å². The smallest absolute Gasteiger partial charge is 0.239 e. The van der Waals surface area contributed by atoms with Crippen LogP contribution in [0, 0.1) is 0 Å². The van der Waals surface area contributed by atoms with E-state index in [-0.39, 0.29) is 11.9 Å². The summed E-state index contributed by atoms with van der Waals surface area (Å²) in [6, 6.07) is 0.833. The number of likely N-dealkylation sites (N-methyl/N-ethyl adjacent to an activating group) is 1. The molecule has 1 saturated heterocycles. The SMILES string of the molecule is CCN(CC(C)(C)O)C(=O)C(C)N1C(C)CCC1C. The molecule has 4 nitrogen and oxygen atoms in total. The maximum atomic E-state index is 12.6. The fourth-order valence-electron chi connectivity index (χ4n) is 3.18. The van der Waals surface area contributed by atoms with Gasteiger partial charge in [-0.2, -0.15) is 0 Å². The lowest BCUT2D eigenvalue weighted by Gasteiger charge is -2.36. The van der Waals surface area contributed by atoms with Crippen molar-refractivity contribution in [1.29, 1.82) is 0 Å². The molecule has 112 valence electrons. The van der Waals surface area contributed by atoms with E-state index >= 15 is 0 Å².